The van der Waals surface area contributed by atoms with Gasteiger partial charge in [-0.25, -0.2) is 4.79 Å². The Hall–Kier alpha value is -0.570. The first kappa shape index (κ1) is 18.4. The van der Waals surface area contributed by atoms with Crippen LogP contribution in [0.1, 0.15) is 85.5 Å². The van der Waals surface area contributed by atoms with E-state index in [0.717, 1.165) is 57.8 Å². The largest absolute Gasteiger partial charge is 0.348 e. The molecule has 3 nitrogen and oxygen atoms in total. The molecule has 0 aliphatic carbocycles. The van der Waals surface area contributed by atoms with E-state index in [1.165, 1.54) is 0 Å². The normalized spacial score (nSPS) is 14.4. The average Bonchev–Trinajstić information content (AvgIpc) is 2.43. The highest BCUT2D eigenvalue weighted by Crippen LogP contribution is 2.40. The van der Waals surface area contributed by atoms with Gasteiger partial charge in [-0.15, -0.1) is 0 Å². The second-order valence-electron chi connectivity index (χ2n) is 5.88. The van der Waals surface area contributed by atoms with Gasteiger partial charge in [0.05, 0.1) is 5.41 Å². The van der Waals surface area contributed by atoms with Crippen LogP contribution in [0.15, 0.2) is 0 Å². The van der Waals surface area contributed by atoms with Crippen LogP contribution >= 0.6 is 0 Å². The maximum Gasteiger partial charge on any atom is 0.348 e. The van der Waals surface area contributed by atoms with Gasteiger partial charge in [0.1, 0.15) is 0 Å². The zero-order valence-corrected chi connectivity index (χ0v) is 13.2. The molecule has 3 heteroatoms. The van der Waals surface area contributed by atoms with Gasteiger partial charge in [-0.05, 0) is 32.1 Å². The molecule has 0 aliphatic heterocycles. The van der Waals surface area contributed by atoms with Crippen LogP contribution in [0.25, 0.3) is 0 Å². The first-order valence-electron chi connectivity index (χ1n) is 7.92. The molecular formula is C16H32O3. The average molecular weight is 272 g/mol. The van der Waals surface area contributed by atoms with Crippen molar-refractivity contribution in [1.29, 1.82) is 0 Å². The van der Waals surface area contributed by atoms with Crippen LogP contribution in [0, 0.1) is 11.3 Å². The van der Waals surface area contributed by atoms with Gasteiger partial charge in [-0.2, -0.15) is 5.26 Å². The zero-order chi connectivity index (χ0) is 14.7. The van der Waals surface area contributed by atoms with E-state index in [-0.39, 0.29) is 0 Å². The predicted octanol–water partition coefficient (Wildman–Crippen LogP) is 5.20. The number of carbonyl (C=O) groups is 1. The number of hydrogen-bond acceptors (Lipinski definition) is 3. The molecule has 19 heavy (non-hydrogen) atoms. The fourth-order valence-electron chi connectivity index (χ4n) is 2.80. The molecule has 114 valence electrons. The number of unbranched alkanes of at least 4 members (excludes halogenated alkanes) is 3. The lowest BCUT2D eigenvalue weighted by atomic mass is 9.69. The molecule has 0 saturated carbocycles. The molecule has 0 saturated heterocycles. The van der Waals surface area contributed by atoms with E-state index in [0.29, 0.717) is 5.92 Å². The van der Waals surface area contributed by atoms with E-state index in [1.54, 1.807) is 0 Å². The molecule has 1 N–H and O–H groups in total. The Balaban J connectivity index is 4.91. The van der Waals surface area contributed by atoms with Gasteiger partial charge in [0, 0.05) is 0 Å². The van der Waals surface area contributed by atoms with Crippen molar-refractivity contribution < 1.29 is 14.9 Å². The van der Waals surface area contributed by atoms with Gasteiger partial charge in [-0.1, -0.05) is 59.3 Å². The maximum absolute atomic E-state index is 12.0. The number of hydrogen-bond donors (Lipinski definition) is 1. The molecule has 0 radical (unpaired) electrons. The van der Waals surface area contributed by atoms with Crippen molar-refractivity contribution in [3.8, 4) is 0 Å². The molecule has 0 fully saturated rings. The molecule has 0 amide bonds. The van der Waals surface area contributed by atoms with E-state index < -0.39 is 11.4 Å². The standard InChI is InChI=1S/C16H32O3/c1-5-8-11-14(12-9-6-2)16(4,13-10-7-3)15(17)19-18/h14,18H,5-13H2,1-4H3. The minimum absolute atomic E-state index is 0.318. The summed E-state index contributed by atoms with van der Waals surface area (Å²) in [6.45, 7) is 8.43. The SMILES string of the molecule is CCCCC(CCCC)C(C)(CCCC)C(=O)OO. The highest BCUT2D eigenvalue weighted by molar-refractivity contribution is 5.76. The Morgan fingerprint density at radius 2 is 1.53 bits per heavy atom. The van der Waals surface area contributed by atoms with E-state index in [4.69, 9.17) is 5.26 Å². The summed E-state index contributed by atoms with van der Waals surface area (Å²) >= 11 is 0. The van der Waals surface area contributed by atoms with Gasteiger partial charge < -0.3 is 4.89 Å². The topological polar surface area (TPSA) is 46.5 Å². The molecule has 0 aromatic heterocycles. The summed E-state index contributed by atoms with van der Waals surface area (Å²) in [5.74, 6) is -0.128. The minimum atomic E-state index is -0.533. The summed E-state index contributed by atoms with van der Waals surface area (Å²) in [6.07, 6.45) is 9.51. The Morgan fingerprint density at radius 3 is 1.89 bits per heavy atom. The second kappa shape index (κ2) is 10.2. The summed E-state index contributed by atoms with van der Waals surface area (Å²) < 4.78 is 0. The van der Waals surface area contributed by atoms with Crippen LogP contribution in [0.5, 0.6) is 0 Å². The van der Waals surface area contributed by atoms with Gasteiger partial charge in [0.2, 0.25) is 0 Å². The lowest BCUT2D eigenvalue weighted by Gasteiger charge is -2.35. The molecule has 0 heterocycles. The van der Waals surface area contributed by atoms with Gasteiger partial charge in [0.25, 0.3) is 0 Å². The predicted molar refractivity (Wildman–Crippen MR) is 78.9 cm³/mol. The smallest absolute Gasteiger partial charge is 0.300 e. The lowest BCUT2D eigenvalue weighted by molar-refractivity contribution is -0.248. The molecule has 0 spiro atoms. The Bertz CT molecular complexity index is 232. The zero-order valence-electron chi connectivity index (χ0n) is 13.2. The third-order valence-electron chi connectivity index (χ3n) is 4.31. The van der Waals surface area contributed by atoms with Crippen LogP contribution in [-0.2, 0) is 9.68 Å². The van der Waals surface area contributed by atoms with Crippen molar-refractivity contribution >= 4 is 5.97 Å². The molecular weight excluding hydrogens is 240 g/mol. The lowest BCUT2D eigenvalue weighted by Crippen LogP contribution is -2.37. The second-order valence-corrected chi connectivity index (χ2v) is 5.88. The minimum Gasteiger partial charge on any atom is -0.300 e. The first-order valence-corrected chi connectivity index (χ1v) is 7.92. The molecule has 0 aromatic carbocycles. The van der Waals surface area contributed by atoms with Crippen molar-refractivity contribution in [3.63, 3.8) is 0 Å². The molecule has 0 aromatic rings. The van der Waals surface area contributed by atoms with Gasteiger partial charge in [0.15, 0.2) is 0 Å². The van der Waals surface area contributed by atoms with E-state index in [1.807, 2.05) is 6.92 Å². The van der Waals surface area contributed by atoms with Crippen LogP contribution < -0.4 is 0 Å². The van der Waals surface area contributed by atoms with Gasteiger partial charge in [-0.3, -0.25) is 0 Å². The Morgan fingerprint density at radius 1 is 1.05 bits per heavy atom. The number of rotatable bonds is 11. The quantitative estimate of drug-likeness (QED) is 0.415. The van der Waals surface area contributed by atoms with Gasteiger partial charge >= 0.3 is 5.97 Å². The first-order chi connectivity index (χ1) is 9.06. The monoisotopic (exact) mass is 272 g/mol. The third-order valence-corrected chi connectivity index (χ3v) is 4.31. The fraction of sp³-hybridized carbons (Fsp3) is 0.938. The van der Waals surface area contributed by atoms with Crippen LogP contribution in [0.4, 0.5) is 0 Å². The van der Waals surface area contributed by atoms with Crippen molar-refractivity contribution in [1.82, 2.24) is 0 Å². The summed E-state index contributed by atoms with van der Waals surface area (Å²) in [5, 5.41) is 8.82. The summed E-state index contributed by atoms with van der Waals surface area (Å²) in [5.41, 5.74) is -0.533. The van der Waals surface area contributed by atoms with E-state index in [2.05, 4.69) is 25.7 Å². The molecule has 1 unspecified atom stereocenters. The fourth-order valence-corrected chi connectivity index (χ4v) is 2.80. The summed E-state index contributed by atoms with van der Waals surface area (Å²) in [4.78, 5) is 16.1. The number of carbonyl (C=O) groups excluding carboxylic acids is 1. The third kappa shape index (κ3) is 5.94. The van der Waals surface area contributed by atoms with E-state index in [9.17, 15) is 4.79 Å². The van der Waals surface area contributed by atoms with Crippen molar-refractivity contribution in [2.24, 2.45) is 11.3 Å². The van der Waals surface area contributed by atoms with Crippen LogP contribution in [-0.4, -0.2) is 11.2 Å². The van der Waals surface area contributed by atoms with Crippen molar-refractivity contribution in [3.05, 3.63) is 0 Å². The Labute approximate surface area is 118 Å². The van der Waals surface area contributed by atoms with Crippen LogP contribution in [0.2, 0.25) is 0 Å². The Kier molecular flexibility index (Phi) is 9.94. The summed E-state index contributed by atoms with van der Waals surface area (Å²) in [6, 6.07) is 0. The van der Waals surface area contributed by atoms with Crippen LogP contribution in [0.3, 0.4) is 0 Å². The summed E-state index contributed by atoms with van der Waals surface area (Å²) in [7, 11) is 0. The molecule has 1 atom stereocenters. The molecule has 0 rings (SSSR count). The van der Waals surface area contributed by atoms with E-state index >= 15 is 0 Å². The van der Waals surface area contributed by atoms with Crippen molar-refractivity contribution in [2.75, 3.05) is 0 Å². The maximum atomic E-state index is 12.0. The highest BCUT2D eigenvalue weighted by Gasteiger charge is 2.41. The van der Waals surface area contributed by atoms with Crippen molar-refractivity contribution in [2.45, 2.75) is 85.5 Å². The molecule has 0 bridgehead atoms. The highest BCUT2D eigenvalue weighted by atomic mass is 17.1. The molecule has 0 aliphatic rings.